The summed E-state index contributed by atoms with van der Waals surface area (Å²) in [6, 6.07) is 7.86. The van der Waals surface area contributed by atoms with Crippen LogP contribution in [0.2, 0.25) is 0 Å². The zero-order valence-corrected chi connectivity index (χ0v) is 19.2. The van der Waals surface area contributed by atoms with Crippen molar-refractivity contribution in [3.63, 3.8) is 0 Å². The molecule has 0 aromatic heterocycles. The average molecular weight is 446 g/mol. The van der Waals surface area contributed by atoms with Crippen LogP contribution in [0.25, 0.3) is 0 Å². The summed E-state index contributed by atoms with van der Waals surface area (Å²) in [6.45, 7) is 10.1. The third-order valence-electron chi connectivity index (χ3n) is 6.02. The summed E-state index contributed by atoms with van der Waals surface area (Å²) < 4.78 is 5.04. The Bertz CT molecular complexity index is 786. The van der Waals surface area contributed by atoms with Crippen LogP contribution in [-0.2, 0) is 20.7 Å². The van der Waals surface area contributed by atoms with E-state index in [-0.39, 0.29) is 17.9 Å². The Morgan fingerprint density at radius 3 is 2.06 bits per heavy atom. The van der Waals surface area contributed by atoms with E-state index < -0.39 is 0 Å². The van der Waals surface area contributed by atoms with Gasteiger partial charge in [0, 0.05) is 58.0 Å². The molecule has 2 aliphatic rings. The molecule has 0 saturated carbocycles. The normalized spacial score (nSPS) is 17.8. The van der Waals surface area contributed by atoms with Crippen LogP contribution in [0.4, 0.5) is 10.5 Å². The van der Waals surface area contributed by atoms with Crippen molar-refractivity contribution in [2.75, 3.05) is 77.4 Å². The quantitative estimate of drug-likeness (QED) is 0.677. The minimum Gasteiger partial charge on any atom is -0.450 e. The molecule has 3 rings (SSSR count). The van der Waals surface area contributed by atoms with Gasteiger partial charge in [-0.15, -0.1) is 0 Å². The lowest BCUT2D eigenvalue weighted by Crippen LogP contribution is -2.55. The highest BCUT2D eigenvalue weighted by Gasteiger charge is 2.27. The first kappa shape index (κ1) is 24.0. The molecule has 2 fully saturated rings. The Labute approximate surface area is 190 Å². The Kier molecular flexibility index (Phi) is 8.87. The second kappa shape index (κ2) is 11.8. The Balaban J connectivity index is 1.37. The molecule has 32 heavy (non-hydrogen) atoms. The first-order valence-corrected chi connectivity index (χ1v) is 11.5. The Morgan fingerprint density at radius 1 is 0.844 bits per heavy atom. The van der Waals surface area contributed by atoms with Crippen LogP contribution in [-0.4, -0.2) is 110 Å². The number of aryl methyl sites for hydroxylation is 1. The molecule has 2 saturated heterocycles. The number of benzene rings is 1. The van der Waals surface area contributed by atoms with Gasteiger partial charge < -0.3 is 19.9 Å². The van der Waals surface area contributed by atoms with Gasteiger partial charge in [-0.25, -0.2) is 4.79 Å². The van der Waals surface area contributed by atoms with Gasteiger partial charge in [-0.3, -0.25) is 19.4 Å². The zero-order valence-electron chi connectivity index (χ0n) is 19.2. The molecule has 2 aliphatic heterocycles. The van der Waals surface area contributed by atoms with Gasteiger partial charge >= 0.3 is 6.09 Å². The van der Waals surface area contributed by atoms with Gasteiger partial charge in [-0.2, -0.15) is 0 Å². The van der Waals surface area contributed by atoms with Crippen LogP contribution >= 0.6 is 0 Å². The lowest BCUT2D eigenvalue weighted by Gasteiger charge is -2.37. The molecule has 0 spiro atoms. The first-order valence-electron chi connectivity index (χ1n) is 11.5. The summed E-state index contributed by atoms with van der Waals surface area (Å²) in [7, 11) is 0. The standard InChI is InChI=1S/C23H35N5O4/c1-3-19-7-5-6-8-20(19)24-21(29)17-25-9-13-27(14-10-25)22(30)18-26-11-15-28(16-12-26)23(31)32-4-2/h5-8H,3-4,9-18H2,1-2H3,(H,24,29). The number of para-hydroxylation sites is 1. The highest BCUT2D eigenvalue weighted by molar-refractivity contribution is 5.93. The summed E-state index contributed by atoms with van der Waals surface area (Å²) in [5.41, 5.74) is 2.00. The maximum atomic E-state index is 12.7. The monoisotopic (exact) mass is 445 g/mol. The van der Waals surface area contributed by atoms with Crippen molar-refractivity contribution in [2.24, 2.45) is 0 Å². The summed E-state index contributed by atoms with van der Waals surface area (Å²) in [5.74, 6) is 0.0840. The molecule has 3 amide bonds. The summed E-state index contributed by atoms with van der Waals surface area (Å²) in [6.07, 6.45) is 0.589. The van der Waals surface area contributed by atoms with Crippen molar-refractivity contribution in [1.29, 1.82) is 0 Å². The van der Waals surface area contributed by atoms with E-state index in [0.717, 1.165) is 17.7 Å². The van der Waals surface area contributed by atoms with Gasteiger partial charge in [0.05, 0.1) is 19.7 Å². The van der Waals surface area contributed by atoms with Gasteiger partial charge in [0.1, 0.15) is 0 Å². The van der Waals surface area contributed by atoms with E-state index >= 15 is 0 Å². The van der Waals surface area contributed by atoms with E-state index in [9.17, 15) is 14.4 Å². The minimum atomic E-state index is -0.281. The lowest BCUT2D eigenvalue weighted by molar-refractivity contribution is -0.134. The number of nitrogens with zero attached hydrogens (tertiary/aromatic N) is 4. The smallest absolute Gasteiger partial charge is 0.409 e. The number of rotatable bonds is 7. The van der Waals surface area contributed by atoms with Gasteiger partial charge in [-0.05, 0) is 25.0 Å². The second-order valence-corrected chi connectivity index (χ2v) is 8.18. The van der Waals surface area contributed by atoms with Crippen molar-refractivity contribution in [3.8, 4) is 0 Å². The predicted molar refractivity (Wildman–Crippen MR) is 123 cm³/mol. The molecule has 0 aliphatic carbocycles. The van der Waals surface area contributed by atoms with Crippen molar-refractivity contribution in [1.82, 2.24) is 19.6 Å². The topological polar surface area (TPSA) is 85.4 Å². The maximum absolute atomic E-state index is 12.7. The van der Waals surface area contributed by atoms with Crippen LogP contribution < -0.4 is 5.32 Å². The Hall–Kier alpha value is -2.65. The maximum Gasteiger partial charge on any atom is 0.409 e. The van der Waals surface area contributed by atoms with Crippen LogP contribution in [0.3, 0.4) is 0 Å². The number of hydrogen-bond acceptors (Lipinski definition) is 6. The van der Waals surface area contributed by atoms with Crippen molar-refractivity contribution in [2.45, 2.75) is 20.3 Å². The van der Waals surface area contributed by atoms with E-state index in [1.165, 1.54) is 0 Å². The number of nitrogens with one attached hydrogen (secondary N) is 1. The molecular formula is C23H35N5O4. The number of carbonyl (C=O) groups is 3. The largest absolute Gasteiger partial charge is 0.450 e. The summed E-state index contributed by atoms with van der Waals surface area (Å²) in [4.78, 5) is 44.7. The van der Waals surface area contributed by atoms with E-state index in [4.69, 9.17) is 4.74 Å². The zero-order chi connectivity index (χ0) is 22.9. The Morgan fingerprint density at radius 2 is 1.44 bits per heavy atom. The number of ether oxygens (including phenoxy) is 1. The molecule has 0 atom stereocenters. The molecule has 9 nitrogen and oxygen atoms in total. The SMILES string of the molecule is CCOC(=O)N1CCN(CC(=O)N2CCN(CC(=O)Nc3ccccc3CC)CC2)CC1. The van der Waals surface area contributed by atoms with Crippen molar-refractivity contribution >= 4 is 23.6 Å². The fourth-order valence-electron chi connectivity index (χ4n) is 4.09. The van der Waals surface area contributed by atoms with E-state index in [1.54, 1.807) is 11.8 Å². The predicted octanol–water partition coefficient (Wildman–Crippen LogP) is 1.11. The molecule has 1 N–H and O–H groups in total. The molecule has 0 bridgehead atoms. The third kappa shape index (κ3) is 6.67. The molecule has 1 aromatic rings. The van der Waals surface area contributed by atoms with Crippen molar-refractivity contribution < 1.29 is 19.1 Å². The number of amides is 3. The number of piperazine rings is 2. The van der Waals surface area contributed by atoms with Gasteiger partial charge in [-0.1, -0.05) is 25.1 Å². The highest BCUT2D eigenvalue weighted by atomic mass is 16.6. The van der Waals surface area contributed by atoms with Crippen LogP contribution in [0, 0.1) is 0 Å². The van der Waals surface area contributed by atoms with Gasteiger partial charge in [0.25, 0.3) is 0 Å². The third-order valence-corrected chi connectivity index (χ3v) is 6.02. The second-order valence-electron chi connectivity index (χ2n) is 8.18. The lowest BCUT2D eigenvalue weighted by atomic mass is 10.1. The molecule has 176 valence electrons. The minimum absolute atomic E-state index is 0.0230. The average Bonchev–Trinajstić information content (AvgIpc) is 2.80. The number of anilines is 1. The summed E-state index contributed by atoms with van der Waals surface area (Å²) >= 11 is 0. The molecule has 0 unspecified atom stereocenters. The van der Waals surface area contributed by atoms with E-state index in [2.05, 4.69) is 22.0 Å². The van der Waals surface area contributed by atoms with E-state index in [1.807, 2.05) is 29.2 Å². The fraction of sp³-hybridized carbons (Fsp3) is 0.609. The molecule has 0 radical (unpaired) electrons. The van der Waals surface area contributed by atoms with Gasteiger partial charge in [0.2, 0.25) is 11.8 Å². The summed E-state index contributed by atoms with van der Waals surface area (Å²) in [5, 5.41) is 3.01. The molecule has 2 heterocycles. The molecule has 1 aromatic carbocycles. The van der Waals surface area contributed by atoms with E-state index in [0.29, 0.717) is 72.1 Å². The number of carbonyl (C=O) groups excluding carboxylic acids is 3. The van der Waals surface area contributed by atoms with Crippen LogP contribution in [0.15, 0.2) is 24.3 Å². The van der Waals surface area contributed by atoms with Crippen LogP contribution in [0.5, 0.6) is 0 Å². The fourth-order valence-corrected chi connectivity index (χ4v) is 4.09. The van der Waals surface area contributed by atoms with Crippen molar-refractivity contribution in [3.05, 3.63) is 29.8 Å². The highest BCUT2D eigenvalue weighted by Crippen LogP contribution is 2.15. The van der Waals surface area contributed by atoms with Gasteiger partial charge in [0.15, 0.2) is 0 Å². The molecule has 9 heteroatoms. The molecular weight excluding hydrogens is 410 g/mol. The first-order chi connectivity index (χ1) is 15.5. The van der Waals surface area contributed by atoms with Crippen LogP contribution in [0.1, 0.15) is 19.4 Å². The number of hydrogen-bond donors (Lipinski definition) is 1.